The summed E-state index contributed by atoms with van der Waals surface area (Å²) in [4.78, 5) is 18.2. The van der Waals surface area contributed by atoms with E-state index in [1.807, 2.05) is 7.05 Å². The summed E-state index contributed by atoms with van der Waals surface area (Å²) < 4.78 is 7.56. The molecular weight excluding hydrogens is 286 g/mol. The fourth-order valence-corrected chi connectivity index (χ4v) is 3.43. The van der Waals surface area contributed by atoms with Crippen LogP contribution in [0.3, 0.4) is 0 Å². The first-order valence-electron chi connectivity index (χ1n) is 7.66. The van der Waals surface area contributed by atoms with Crippen molar-refractivity contribution in [2.75, 3.05) is 19.7 Å². The maximum Gasteiger partial charge on any atom is 0.274 e. The van der Waals surface area contributed by atoms with Crippen LogP contribution in [-0.2, 0) is 11.8 Å². The van der Waals surface area contributed by atoms with E-state index >= 15 is 0 Å². The lowest BCUT2D eigenvalue weighted by Crippen LogP contribution is -2.64. The van der Waals surface area contributed by atoms with Crippen molar-refractivity contribution in [1.82, 2.24) is 14.5 Å². The Hall–Kier alpha value is -1.44. The van der Waals surface area contributed by atoms with Crippen LogP contribution in [0.2, 0.25) is 0 Å². The van der Waals surface area contributed by atoms with E-state index in [0.717, 1.165) is 0 Å². The first-order chi connectivity index (χ1) is 10.3. The predicted octanol–water partition coefficient (Wildman–Crippen LogP) is -0.0729. The minimum atomic E-state index is -1.13. The van der Waals surface area contributed by atoms with Gasteiger partial charge < -0.3 is 24.4 Å². The number of carbonyl (C=O) groups is 1. The molecule has 3 heterocycles. The minimum absolute atomic E-state index is 0.104. The van der Waals surface area contributed by atoms with Gasteiger partial charge in [0.05, 0.1) is 18.5 Å². The lowest BCUT2D eigenvalue weighted by Gasteiger charge is -2.51. The molecule has 0 bridgehead atoms. The molecule has 0 saturated carbocycles. The third-order valence-corrected chi connectivity index (χ3v) is 4.91. The lowest BCUT2D eigenvalue weighted by atomic mass is 9.75. The van der Waals surface area contributed by atoms with Gasteiger partial charge in [0.1, 0.15) is 17.4 Å². The van der Waals surface area contributed by atoms with Crippen molar-refractivity contribution in [2.24, 2.45) is 7.05 Å². The number of imidazole rings is 1. The normalized spacial score (nSPS) is 31.5. The average Bonchev–Trinajstić information content (AvgIpc) is 2.91. The molecule has 2 N–H and O–H groups in total. The Kier molecular flexibility index (Phi) is 3.74. The molecule has 22 heavy (non-hydrogen) atoms. The van der Waals surface area contributed by atoms with Crippen LogP contribution >= 0.6 is 0 Å². The molecule has 1 spiro atoms. The second-order valence-electron chi connectivity index (χ2n) is 6.64. The van der Waals surface area contributed by atoms with Gasteiger partial charge in [-0.3, -0.25) is 4.79 Å². The quantitative estimate of drug-likeness (QED) is 0.758. The first kappa shape index (κ1) is 15.5. The molecule has 1 aromatic heterocycles. The predicted molar refractivity (Wildman–Crippen MR) is 78.3 cm³/mol. The summed E-state index contributed by atoms with van der Waals surface area (Å²) in [5.41, 5.74) is -1.45. The Labute approximate surface area is 129 Å². The molecule has 0 aliphatic carbocycles. The van der Waals surface area contributed by atoms with Crippen molar-refractivity contribution in [1.29, 1.82) is 0 Å². The zero-order chi connectivity index (χ0) is 16.0. The number of likely N-dealkylation sites (tertiary alicyclic amines) is 1. The Morgan fingerprint density at radius 3 is 2.68 bits per heavy atom. The topological polar surface area (TPSA) is 87.8 Å². The molecule has 0 aromatic carbocycles. The van der Waals surface area contributed by atoms with Crippen LogP contribution in [0.25, 0.3) is 0 Å². The van der Waals surface area contributed by atoms with Gasteiger partial charge in [-0.15, -0.1) is 0 Å². The number of hydrogen-bond acceptors (Lipinski definition) is 5. The summed E-state index contributed by atoms with van der Waals surface area (Å²) in [6, 6.07) is 0. The minimum Gasteiger partial charge on any atom is -0.387 e. The maximum absolute atomic E-state index is 12.4. The molecule has 2 atom stereocenters. The number of piperidine rings is 1. The van der Waals surface area contributed by atoms with Crippen LogP contribution < -0.4 is 0 Å². The van der Waals surface area contributed by atoms with Gasteiger partial charge in [-0.1, -0.05) is 0 Å². The molecule has 2 aliphatic heterocycles. The molecule has 2 fully saturated rings. The number of ether oxygens (including phenoxy) is 1. The summed E-state index contributed by atoms with van der Waals surface area (Å²) >= 11 is 0. The maximum atomic E-state index is 12.4. The van der Waals surface area contributed by atoms with E-state index in [1.165, 1.54) is 0 Å². The van der Waals surface area contributed by atoms with Gasteiger partial charge in [-0.25, -0.2) is 4.98 Å². The molecule has 1 amide bonds. The van der Waals surface area contributed by atoms with Crippen molar-refractivity contribution in [2.45, 2.75) is 43.5 Å². The van der Waals surface area contributed by atoms with Crippen molar-refractivity contribution in [3.63, 3.8) is 0 Å². The van der Waals surface area contributed by atoms with Crippen LogP contribution in [-0.4, -0.2) is 67.6 Å². The Morgan fingerprint density at radius 2 is 2.09 bits per heavy atom. The highest BCUT2D eigenvalue weighted by Crippen LogP contribution is 2.39. The third kappa shape index (κ3) is 2.53. The van der Waals surface area contributed by atoms with E-state index in [9.17, 15) is 15.0 Å². The Bertz CT molecular complexity index is 561. The van der Waals surface area contributed by atoms with Crippen molar-refractivity contribution in [3.05, 3.63) is 18.2 Å². The van der Waals surface area contributed by atoms with E-state index in [2.05, 4.69) is 4.98 Å². The number of aromatic nitrogens is 2. The zero-order valence-corrected chi connectivity index (χ0v) is 13.0. The third-order valence-electron chi connectivity index (χ3n) is 4.91. The average molecular weight is 309 g/mol. The van der Waals surface area contributed by atoms with Gasteiger partial charge in [0.2, 0.25) is 0 Å². The number of aliphatic hydroxyl groups excluding tert-OH is 1. The Morgan fingerprint density at radius 1 is 1.41 bits per heavy atom. The molecule has 2 saturated heterocycles. The van der Waals surface area contributed by atoms with Crippen LogP contribution in [0.4, 0.5) is 0 Å². The molecule has 122 valence electrons. The van der Waals surface area contributed by atoms with E-state index in [4.69, 9.17) is 4.74 Å². The summed E-state index contributed by atoms with van der Waals surface area (Å²) in [6.45, 7) is 3.05. The van der Waals surface area contributed by atoms with Gasteiger partial charge in [0.15, 0.2) is 0 Å². The van der Waals surface area contributed by atoms with Crippen LogP contribution in [0.5, 0.6) is 0 Å². The highest BCUT2D eigenvalue weighted by atomic mass is 16.5. The van der Waals surface area contributed by atoms with Crippen molar-refractivity contribution in [3.8, 4) is 0 Å². The smallest absolute Gasteiger partial charge is 0.274 e. The van der Waals surface area contributed by atoms with Gasteiger partial charge >= 0.3 is 0 Å². The largest absolute Gasteiger partial charge is 0.387 e. The summed E-state index contributed by atoms with van der Waals surface area (Å²) in [6.07, 6.45) is 3.83. The fourth-order valence-electron chi connectivity index (χ4n) is 3.43. The molecule has 1 aromatic rings. The summed E-state index contributed by atoms with van der Waals surface area (Å²) in [5.74, 6) is -0.104. The van der Waals surface area contributed by atoms with Gasteiger partial charge in [0, 0.05) is 32.8 Å². The van der Waals surface area contributed by atoms with E-state index in [0.29, 0.717) is 44.7 Å². The van der Waals surface area contributed by atoms with E-state index < -0.39 is 17.3 Å². The standard InChI is InChI=1S/C15H23N3O4/c1-14(21)5-8-22-15(13(14)20)3-6-18(7-4-15)12(19)11-9-17(2)10-16-11/h9-10,13,20-21H,3-8H2,1-2H3/t13-,14+/m0/s1. The van der Waals surface area contributed by atoms with Crippen molar-refractivity contribution >= 4 is 5.91 Å². The van der Waals surface area contributed by atoms with Gasteiger partial charge in [-0.2, -0.15) is 0 Å². The number of aryl methyl sites for hydroxylation is 1. The first-order valence-corrected chi connectivity index (χ1v) is 7.66. The van der Waals surface area contributed by atoms with E-state index in [-0.39, 0.29) is 5.91 Å². The molecule has 0 radical (unpaired) electrons. The molecular formula is C15H23N3O4. The second kappa shape index (κ2) is 5.33. The van der Waals surface area contributed by atoms with Crippen molar-refractivity contribution < 1.29 is 19.7 Å². The number of hydrogen-bond donors (Lipinski definition) is 2. The number of rotatable bonds is 1. The van der Waals surface area contributed by atoms with Crippen LogP contribution in [0, 0.1) is 0 Å². The lowest BCUT2D eigenvalue weighted by molar-refractivity contribution is -0.244. The number of carbonyl (C=O) groups excluding carboxylic acids is 1. The van der Waals surface area contributed by atoms with Gasteiger partial charge in [-0.05, 0) is 19.8 Å². The summed E-state index contributed by atoms with van der Waals surface area (Å²) in [5, 5.41) is 20.8. The number of nitrogens with zero attached hydrogens (tertiary/aromatic N) is 3. The Balaban J connectivity index is 1.68. The highest BCUT2D eigenvalue weighted by Gasteiger charge is 2.52. The summed E-state index contributed by atoms with van der Waals surface area (Å²) in [7, 11) is 1.82. The fraction of sp³-hybridized carbons (Fsp3) is 0.733. The van der Waals surface area contributed by atoms with E-state index in [1.54, 1.807) is 28.9 Å². The molecule has 7 nitrogen and oxygen atoms in total. The molecule has 3 rings (SSSR count). The number of amides is 1. The molecule has 7 heteroatoms. The zero-order valence-electron chi connectivity index (χ0n) is 13.0. The highest BCUT2D eigenvalue weighted by molar-refractivity contribution is 5.92. The monoisotopic (exact) mass is 309 g/mol. The molecule has 0 unspecified atom stereocenters. The second-order valence-corrected chi connectivity index (χ2v) is 6.64. The number of aliphatic hydroxyl groups is 2. The SMILES string of the molecule is Cn1cnc(C(=O)N2CCC3(CC2)OCC[C@@](C)(O)[C@@H]3O)c1. The van der Waals surface area contributed by atoms with Gasteiger partial charge in [0.25, 0.3) is 5.91 Å². The van der Waals surface area contributed by atoms with Crippen LogP contribution in [0.1, 0.15) is 36.7 Å². The molecule has 2 aliphatic rings. The van der Waals surface area contributed by atoms with Crippen LogP contribution in [0.15, 0.2) is 12.5 Å².